The van der Waals surface area contributed by atoms with Gasteiger partial charge in [0.2, 0.25) is 5.91 Å². The van der Waals surface area contributed by atoms with Crippen LogP contribution >= 0.6 is 0 Å². The number of hydrogen-bond acceptors (Lipinski definition) is 3. The molecular formula is C15H17N5O. The van der Waals surface area contributed by atoms with Crippen LogP contribution in [-0.4, -0.2) is 25.7 Å². The lowest BCUT2D eigenvalue weighted by Crippen LogP contribution is -2.15. The predicted octanol–water partition coefficient (Wildman–Crippen LogP) is 2.41. The van der Waals surface area contributed by atoms with Gasteiger partial charge < -0.3 is 9.88 Å². The molecular weight excluding hydrogens is 266 g/mol. The van der Waals surface area contributed by atoms with Gasteiger partial charge in [0.25, 0.3) is 0 Å². The zero-order valence-corrected chi connectivity index (χ0v) is 12.1. The number of aryl methyl sites for hydroxylation is 2. The maximum absolute atomic E-state index is 12.0. The Morgan fingerprint density at radius 2 is 2.14 bits per heavy atom. The first-order valence-electron chi connectivity index (χ1n) is 6.86. The normalized spacial score (nSPS) is 11.0. The van der Waals surface area contributed by atoms with Crippen LogP contribution in [-0.2, 0) is 11.3 Å². The largest absolute Gasteiger partial charge is 0.330 e. The Bertz CT molecular complexity index is 786. The molecule has 0 aliphatic heterocycles. The number of H-pyrrole nitrogens is 1. The fourth-order valence-electron chi connectivity index (χ4n) is 2.21. The number of para-hydroxylation sites is 2. The fourth-order valence-corrected chi connectivity index (χ4v) is 2.21. The number of benzene rings is 1. The average molecular weight is 283 g/mol. The molecule has 3 aromatic rings. The molecule has 0 saturated heterocycles. The van der Waals surface area contributed by atoms with Gasteiger partial charge in [-0.1, -0.05) is 12.1 Å². The minimum atomic E-state index is -0.0534. The van der Waals surface area contributed by atoms with Gasteiger partial charge in [0.1, 0.15) is 0 Å². The van der Waals surface area contributed by atoms with Crippen molar-refractivity contribution in [3.8, 4) is 0 Å². The van der Waals surface area contributed by atoms with E-state index in [2.05, 4.69) is 20.5 Å². The number of aromatic amines is 1. The van der Waals surface area contributed by atoms with Crippen LogP contribution in [0.1, 0.15) is 17.7 Å². The lowest BCUT2D eigenvalue weighted by atomic mass is 10.2. The van der Waals surface area contributed by atoms with Crippen molar-refractivity contribution in [2.24, 2.45) is 0 Å². The summed E-state index contributed by atoms with van der Waals surface area (Å²) in [5, 5.41) is 9.76. The van der Waals surface area contributed by atoms with Gasteiger partial charge in [-0.25, -0.2) is 4.98 Å². The number of nitrogens with one attached hydrogen (secondary N) is 2. The molecule has 0 atom stereocenters. The molecule has 2 heterocycles. The third-order valence-electron chi connectivity index (χ3n) is 3.62. The van der Waals surface area contributed by atoms with Crippen LogP contribution in [0.3, 0.4) is 0 Å². The summed E-state index contributed by atoms with van der Waals surface area (Å²) in [5.74, 6) is 0.551. The number of anilines is 1. The number of carbonyl (C=O) groups excluding carboxylic acids is 1. The highest BCUT2D eigenvalue weighted by Crippen LogP contribution is 2.15. The van der Waals surface area contributed by atoms with Crippen LogP contribution in [0.4, 0.5) is 5.82 Å². The quantitative estimate of drug-likeness (QED) is 0.772. The van der Waals surface area contributed by atoms with E-state index in [1.165, 1.54) is 0 Å². The fraction of sp³-hybridized carbons (Fsp3) is 0.267. The average Bonchev–Trinajstić information content (AvgIpc) is 3.04. The lowest BCUT2D eigenvalue weighted by Gasteiger charge is -2.05. The molecule has 0 spiro atoms. The van der Waals surface area contributed by atoms with E-state index in [4.69, 9.17) is 0 Å². The van der Waals surface area contributed by atoms with Crippen molar-refractivity contribution in [3.63, 3.8) is 0 Å². The van der Waals surface area contributed by atoms with Crippen LogP contribution in [0, 0.1) is 13.8 Å². The van der Waals surface area contributed by atoms with Crippen molar-refractivity contribution in [2.75, 3.05) is 5.32 Å². The molecule has 6 nitrogen and oxygen atoms in total. The van der Waals surface area contributed by atoms with Crippen molar-refractivity contribution in [3.05, 3.63) is 41.9 Å². The van der Waals surface area contributed by atoms with E-state index in [1.807, 2.05) is 42.7 Å². The molecule has 0 aliphatic carbocycles. The number of rotatable bonds is 4. The van der Waals surface area contributed by atoms with Gasteiger partial charge in [-0.05, 0) is 26.0 Å². The summed E-state index contributed by atoms with van der Waals surface area (Å²) < 4.78 is 1.98. The van der Waals surface area contributed by atoms with E-state index in [0.29, 0.717) is 18.8 Å². The Morgan fingerprint density at radius 1 is 1.33 bits per heavy atom. The minimum Gasteiger partial charge on any atom is -0.330 e. The second-order valence-electron chi connectivity index (χ2n) is 5.05. The Balaban J connectivity index is 1.65. The smallest absolute Gasteiger partial charge is 0.227 e. The highest BCUT2D eigenvalue weighted by Gasteiger charge is 2.10. The molecule has 2 aromatic heterocycles. The zero-order valence-electron chi connectivity index (χ0n) is 12.1. The summed E-state index contributed by atoms with van der Waals surface area (Å²) in [5.41, 5.74) is 3.91. The van der Waals surface area contributed by atoms with E-state index in [0.717, 1.165) is 22.3 Å². The Kier molecular flexibility index (Phi) is 3.43. The van der Waals surface area contributed by atoms with Crippen molar-refractivity contribution in [1.82, 2.24) is 19.7 Å². The second-order valence-corrected chi connectivity index (χ2v) is 5.05. The van der Waals surface area contributed by atoms with E-state index in [9.17, 15) is 4.79 Å². The molecule has 21 heavy (non-hydrogen) atoms. The lowest BCUT2D eigenvalue weighted by molar-refractivity contribution is -0.116. The molecule has 1 aromatic carbocycles. The van der Waals surface area contributed by atoms with E-state index >= 15 is 0 Å². The Morgan fingerprint density at radius 3 is 2.90 bits per heavy atom. The first-order chi connectivity index (χ1) is 10.1. The van der Waals surface area contributed by atoms with Crippen LogP contribution in [0.25, 0.3) is 11.0 Å². The highest BCUT2D eigenvalue weighted by atomic mass is 16.1. The van der Waals surface area contributed by atoms with Crippen LogP contribution < -0.4 is 5.32 Å². The van der Waals surface area contributed by atoms with Gasteiger partial charge in [-0.3, -0.25) is 9.89 Å². The number of aromatic nitrogens is 4. The second kappa shape index (κ2) is 5.40. The molecule has 0 aliphatic rings. The monoisotopic (exact) mass is 283 g/mol. The number of amides is 1. The predicted molar refractivity (Wildman–Crippen MR) is 81.0 cm³/mol. The van der Waals surface area contributed by atoms with Crippen molar-refractivity contribution < 1.29 is 4.79 Å². The first kappa shape index (κ1) is 13.4. The van der Waals surface area contributed by atoms with Gasteiger partial charge in [-0.15, -0.1) is 0 Å². The van der Waals surface area contributed by atoms with Crippen LogP contribution in [0.2, 0.25) is 0 Å². The number of nitrogens with zero attached hydrogens (tertiary/aromatic N) is 3. The third kappa shape index (κ3) is 2.65. The summed E-state index contributed by atoms with van der Waals surface area (Å²) in [4.78, 5) is 16.3. The molecule has 2 N–H and O–H groups in total. The van der Waals surface area contributed by atoms with Crippen LogP contribution in [0.5, 0.6) is 0 Å². The molecule has 3 rings (SSSR count). The van der Waals surface area contributed by atoms with Crippen molar-refractivity contribution in [2.45, 2.75) is 26.8 Å². The molecule has 0 radical (unpaired) electrons. The summed E-state index contributed by atoms with van der Waals surface area (Å²) in [6, 6.07) is 7.88. The van der Waals surface area contributed by atoms with Gasteiger partial charge in [0.05, 0.1) is 17.4 Å². The standard InChI is InChI=1S/C15H17N5O/c1-10-11(2)18-19-15(10)17-14(21)7-8-20-9-16-12-5-3-4-6-13(12)20/h3-6,9H,7-8H2,1-2H3,(H2,17,18,19,21). The van der Waals surface area contributed by atoms with Gasteiger partial charge in [0.15, 0.2) is 5.82 Å². The molecule has 0 bridgehead atoms. The van der Waals surface area contributed by atoms with E-state index in [-0.39, 0.29) is 5.91 Å². The van der Waals surface area contributed by atoms with Crippen LogP contribution in [0.15, 0.2) is 30.6 Å². The Hall–Kier alpha value is -2.63. The number of hydrogen-bond donors (Lipinski definition) is 2. The maximum Gasteiger partial charge on any atom is 0.227 e. The number of imidazole rings is 1. The van der Waals surface area contributed by atoms with Crippen molar-refractivity contribution >= 4 is 22.8 Å². The summed E-state index contributed by atoms with van der Waals surface area (Å²) in [7, 11) is 0. The number of carbonyl (C=O) groups is 1. The molecule has 0 unspecified atom stereocenters. The molecule has 0 fully saturated rings. The van der Waals surface area contributed by atoms with Gasteiger partial charge in [-0.2, -0.15) is 5.10 Å². The zero-order chi connectivity index (χ0) is 14.8. The summed E-state index contributed by atoms with van der Waals surface area (Å²) in [6.07, 6.45) is 2.15. The van der Waals surface area contributed by atoms with E-state index in [1.54, 1.807) is 6.33 Å². The summed E-state index contributed by atoms with van der Waals surface area (Å²) in [6.45, 7) is 4.45. The maximum atomic E-state index is 12.0. The third-order valence-corrected chi connectivity index (χ3v) is 3.62. The number of fused-ring (bicyclic) bond motifs is 1. The van der Waals surface area contributed by atoms with E-state index < -0.39 is 0 Å². The molecule has 1 amide bonds. The first-order valence-corrected chi connectivity index (χ1v) is 6.86. The van der Waals surface area contributed by atoms with Gasteiger partial charge in [0, 0.05) is 24.2 Å². The topological polar surface area (TPSA) is 75.6 Å². The van der Waals surface area contributed by atoms with Crippen molar-refractivity contribution in [1.29, 1.82) is 0 Å². The SMILES string of the molecule is Cc1[nH]nc(NC(=O)CCn2cnc3ccccc32)c1C. The highest BCUT2D eigenvalue weighted by molar-refractivity contribution is 5.90. The van der Waals surface area contributed by atoms with Gasteiger partial charge >= 0.3 is 0 Å². The molecule has 0 saturated carbocycles. The molecule has 108 valence electrons. The Labute approximate surface area is 122 Å². The summed E-state index contributed by atoms with van der Waals surface area (Å²) >= 11 is 0. The molecule has 6 heteroatoms. The minimum absolute atomic E-state index is 0.0534.